The zero-order chi connectivity index (χ0) is 20.0. The average molecular weight is 394 g/mol. The summed E-state index contributed by atoms with van der Waals surface area (Å²) in [7, 11) is 0. The second kappa shape index (κ2) is 8.76. The van der Waals surface area contributed by atoms with Crippen molar-refractivity contribution in [1.82, 2.24) is 15.3 Å². The largest absolute Gasteiger partial charge is 0.394 e. The minimum atomic E-state index is -1.23. The number of aliphatic hydroxyl groups excluding tert-OH is 2. The van der Waals surface area contributed by atoms with Gasteiger partial charge >= 0.3 is 5.69 Å². The molecule has 0 radical (unpaired) electrons. The van der Waals surface area contributed by atoms with E-state index in [0.717, 1.165) is 5.56 Å². The topological polar surface area (TPSA) is 140 Å². The number of carbonyl (C=O) groups is 1. The van der Waals surface area contributed by atoms with Gasteiger partial charge in [-0.25, -0.2) is 4.79 Å². The van der Waals surface area contributed by atoms with E-state index in [4.69, 9.17) is 11.6 Å². The van der Waals surface area contributed by atoms with Crippen molar-refractivity contribution in [1.29, 1.82) is 0 Å². The Balaban J connectivity index is 2.29. The Morgan fingerprint density at radius 1 is 1.33 bits per heavy atom. The molecule has 2 rings (SSSR count). The molecule has 1 heterocycles. The molecule has 0 saturated heterocycles. The summed E-state index contributed by atoms with van der Waals surface area (Å²) in [5, 5.41) is 25.8. The second-order valence-electron chi connectivity index (χ2n) is 6.14. The van der Waals surface area contributed by atoms with Crippen LogP contribution in [0.15, 0.2) is 34.2 Å². The molecule has 0 unspecified atom stereocenters. The van der Waals surface area contributed by atoms with E-state index in [1.54, 1.807) is 24.3 Å². The summed E-state index contributed by atoms with van der Waals surface area (Å²) < 4.78 is 0. The second-order valence-corrected chi connectivity index (χ2v) is 6.58. The van der Waals surface area contributed by atoms with Crippen LogP contribution in [0.2, 0.25) is 5.02 Å². The third-order valence-corrected chi connectivity index (χ3v) is 3.97. The zero-order valence-electron chi connectivity index (χ0n) is 14.8. The molecule has 5 N–H and O–H groups in total. The molecular weight excluding hydrogens is 374 g/mol. The molecule has 2 aromatic rings. The van der Waals surface area contributed by atoms with Gasteiger partial charge in [-0.1, -0.05) is 23.7 Å². The van der Waals surface area contributed by atoms with Crippen molar-refractivity contribution in [3.63, 3.8) is 0 Å². The highest BCUT2D eigenvalue weighted by Gasteiger charge is 2.28. The highest BCUT2D eigenvalue weighted by atomic mass is 35.5. The summed E-state index contributed by atoms with van der Waals surface area (Å²) in [4.78, 5) is 30.4. The number of benzene rings is 1. The average Bonchev–Trinajstić information content (AvgIpc) is 2.62. The fourth-order valence-corrected chi connectivity index (χ4v) is 2.25. The monoisotopic (exact) mass is 393 g/mol. The Morgan fingerprint density at radius 2 is 1.96 bits per heavy atom. The number of hydrazone groups is 1. The van der Waals surface area contributed by atoms with Crippen LogP contribution in [0, 0.1) is 6.92 Å². The van der Waals surface area contributed by atoms with Crippen LogP contribution in [-0.4, -0.2) is 51.1 Å². The molecule has 0 spiro atoms. The lowest BCUT2D eigenvalue weighted by Crippen LogP contribution is -2.52. The highest BCUT2D eigenvalue weighted by molar-refractivity contribution is 6.30. The molecule has 0 fully saturated rings. The number of hydrogen-bond donors (Lipinski definition) is 5. The molecule has 144 valence electrons. The number of nitrogens with zero attached hydrogens (tertiary/aromatic N) is 2. The number of halogens is 1. The number of H-pyrrole nitrogens is 1. The Bertz CT molecular complexity index is 891. The van der Waals surface area contributed by atoms with Crippen LogP contribution in [0.3, 0.4) is 0 Å². The van der Waals surface area contributed by atoms with Crippen LogP contribution in [0.1, 0.15) is 28.5 Å². The lowest BCUT2D eigenvalue weighted by Gasteiger charge is -2.26. The predicted octanol–water partition coefficient (Wildman–Crippen LogP) is 0.651. The number of nitrogens with one attached hydrogen (secondary N) is 3. The first-order chi connectivity index (χ1) is 12.8. The van der Waals surface area contributed by atoms with Crippen LogP contribution in [-0.2, 0) is 0 Å². The summed E-state index contributed by atoms with van der Waals surface area (Å²) in [5.41, 5.74) is 1.74. The van der Waals surface area contributed by atoms with E-state index in [1.807, 2.05) is 0 Å². The number of rotatable bonds is 7. The van der Waals surface area contributed by atoms with E-state index in [2.05, 4.69) is 25.8 Å². The standard InChI is InChI=1S/C17H20ClN5O4/c1-10-13(15(26)22-17(2,8-24)9-25)14(21-16(27)20-10)23-19-7-11-3-5-12(18)6-4-11/h3-7,24-25H,8-9H2,1-2H3,(H,22,26)(H2,20,21,23,27)/b19-7+. The molecule has 9 nitrogen and oxygen atoms in total. The third kappa shape index (κ3) is 5.36. The van der Waals surface area contributed by atoms with Crippen LogP contribution in [0.4, 0.5) is 5.82 Å². The van der Waals surface area contributed by atoms with Gasteiger partial charge in [0, 0.05) is 10.7 Å². The van der Waals surface area contributed by atoms with Gasteiger partial charge in [-0.3, -0.25) is 10.2 Å². The van der Waals surface area contributed by atoms with E-state index in [-0.39, 0.29) is 17.1 Å². The molecule has 10 heteroatoms. The molecule has 27 heavy (non-hydrogen) atoms. The summed E-state index contributed by atoms with van der Waals surface area (Å²) in [6, 6.07) is 6.88. The number of aromatic amines is 1. The van der Waals surface area contributed by atoms with Crippen molar-refractivity contribution in [3.05, 3.63) is 56.6 Å². The number of anilines is 1. The Kier molecular flexibility index (Phi) is 6.67. The fourth-order valence-electron chi connectivity index (χ4n) is 2.13. The smallest absolute Gasteiger partial charge is 0.347 e. The fraction of sp³-hybridized carbons (Fsp3) is 0.294. The van der Waals surface area contributed by atoms with E-state index in [0.29, 0.717) is 5.02 Å². The van der Waals surface area contributed by atoms with Crippen LogP contribution >= 0.6 is 11.6 Å². The van der Waals surface area contributed by atoms with Crippen molar-refractivity contribution in [2.24, 2.45) is 5.10 Å². The molecule has 0 aliphatic heterocycles. The van der Waals surface area contributed by atoms with Crippen molar-refractivity contribution in [2.45, 2.75) is 19.4 Å². The van der Waals surface area contributed by atoms with Crippen molar-refractivity contribution in [2.75, 3.05) is 18.6 Å². The van der Waals surface area contributed by atoms with Crippen molar-refractivity contribution < 1.29 is 15.0 Å². The number of aryl methyl sites for hydroxylation is 1. The van der Waals surface area contributed by atoms with Gasteiger partial charge in [-0.15, -0.1) is 0 Å². The van der Waals surface area contributed by atoms with Gasteiger partial charge in [0.05, 0.1) is 25.0 Å². The first-order valence-electron chi connectivity index (χ1n) is 7.98. The number of aromatic nitrogens is 2. The minimum absolute atomic E-state index is 0.0379. The molecule has 0 saturated carbocycles. The minimum Gasteiger partial charge on any atom is -0.394 e. The van der Waals surface area contributed by atoms with Gasteiger partial charge in [0.1, 0.15) is 5.56 Å². The molecule has 0 aliphatic rings. The number of carbonyl (C=O) groups excluding carboxylic acids is 1. The lowest BCUT2D eigenvalue weighted by molar-refractivity contribution is 0.0723. The Morgan fingerprint density at radius 3 is 2.56 bits per heavy atom. The Labute approximate surface area is 160 Å². The van der Waals surface area contributed by atoms with Crippen LogP contribution < -0.4 is 16.4 Å². The number of amides is 1. The molecule has 0 atom stereocenters. The van der Waals surface area contributed by atoms with E-state index in [9.17, 15) is 19.8 Å². The van der Waals surface area contributed by atoms with E-state index < -0.39 is 30.3 Å². The van der Waals surface area contributed by atoms with Gasteiger partial charge in [0.15, 0.2) is 5.82 Å². The van der Waals surface area contributed by atoms with E-state index in [1.165, 1.54) is 20.1 Å². The number of hydrogen-bond acceptors (Lipinski definition) is 7. The number of aliphatic hydroxyl groups is 2. The van der Waals surface area contributed by atoms with Gasteiger partial charge in [0.2, 0.25) is 0 Å². The Hall–Kier alpha value is -2.75. The molecule has 1 aromatic carbocycles. The van der Waals surface area contributed by atoms with Crippen LogP contribution in [0.25, 0.3) is 0 Å². The quantitative estimate of drug-likeness (QED) is 0.345. The molecule has 1 amide bonds. The predicted molar refractivity (Wildman–Crippen MR) is 102 cm³/mol. The summed E-state index contributed by atoms with van der Waals surface area (Å²) in [6.45, 7) is 2.07. The van der Waals surface area contributed by atoms with Gasteiger partial charge in [0.25, 0.3) is 5.91 Å². The molecule has 0 aliphatic carbocycles. The molecule has 0 bridgehead atoms. The first-order valence-corrected chi connectivity index (χ1v) is 8.35. The maximum absolute atomic E-state index is 12.6. The normalized spacial score (nSPS) is 11.6. The van der Waals surface area contributed by atoms with Crippen molar-refractivity contribution in [3.8, 4) is 0 Å². The molecule has 1 aromatic heterocycles. The summed E-state index contributed by atoms with van der Waals surface area (Å²) >= 11 is 5.82. The van der Waals surface area contributed by atoms with Crippen LogP contribution in [0.5, 0.6) is 0 Å². The molecular formula is C17H20ClN5O4. The van der Waals surface area contributed by atoms with Crippen molar-refractivity contribution >= 4 is 29.5 Å². The van der Waals surface area contributed by atoms with Gasteiger partial charge in [-0.05, 0) is 31.5 Å². The summed E-state index contributed by atoms with van der Waals surface area (Å²) in [6.07, 6.45) is 1.47. The van der Waals surface area contributed by atoms with Gasteiger partial charge < -0.3 is 20.5 Å². The maximum Gasteiger partial charge on any atom is 0.347 e. The van der Waals surface area contributed by atoms with E-state index >= 15 is 0 Å². The highest BCUT2D eigenvalue weighted by Crippen LogP contribution is 2.15. The zero-order valence-corrected chi connectivity index (χ0v) is 15.5. The SMILES string of the molecule is Cc1[nH]c(=O)nc(N/N=C/c2ccc(Cl)cc2)c1C(=O)NC(C)(CO)CO. The summed E-state index contributed by atoms with van der Waals surface area (Å²) in [5.74, 6) is -0.691. The van der Waals surface area contributed by atoms with Gasteiger partial charge in [-0.2, -0.15) is 10.1 Å². The third-order valence-electron chi connectivity index (χ3n) is 3.71. The lowest BCUT2D eigenvalue weighted by atomic mass is 10.0. The maximum atomic E-state index is 12.6. The first kappa shape index (κ1) is 20.6.